The van der Waals surface area contributed by atoms with Gasteiger partial charge in [0.1, 0.15) is 5.82 Å². The topological polar surface area (TPSA) is 87.4 Å². The predicted octanol–water partition coefficient (Wildman–Crippen LogP) is 0.804. The molecule has 2 rings (SSSR count). The summed E-state index contributed by atoms with van der Waals surface area (Å²) in [6, 6.07) is 4.27. The monoisotopic (exact) mass is 261 g/mol. The zero-order valence-electron chi connectivity index (χ0n) is 10.5. The van der Waals surface area contributed by atoms with Gasteiger partial charge in [-0.2, -0.15) is 0 Å². The zero-order valence-corrected chi connectivity index (χ0v) is 10.5. The van der Waals surface area contributed by atoms with Crippen molar-refractivity contribution in [2.24, 2.45) is 7.05 Å². The number of para-hydroxylation sites is 1. The van der Waals surface area contributed by atoms with Gasteiger partial charge in [-0.15, -0.1) is 0 Å². The number of hydrogen-bond donors (Lipinski definition) is 3. The summed E-state index contributed by atoms with van der Waals surface area (Å²) in [7, 11) is 1.88. The maximum Gasteiger partial charge on any atom is 0.255 e. The van der Waals surface area contributed by atoms with Crippen LogP contribution in [0, 0.1) is 0 Å². The summed E-state index contributed by atoms with van der Waals surface area (Å²) in [6.07, 6.45) is 4.12. The molecule has 0 fully saturated rings. The van der Waals surface area contributed by atoms with Crippen molar-refractivity contribution in [3.05, 3.63) is 42.0 Å². The molecular formula is C13H15N3O3. The highest BCUT2D eigenvalue weighted by Crippen LogP contribution is 2.27. The molecule has 0 spiro atoms. The fourth-order valence-corrected chi connectivity index (χ4v) is 1.73. The first-order chi connectivity index (χ1) is 9.09. The summed E-state index contributed by atoms with van der Waals surface area (Å²) in [5.41, 5.74) is 0.0554. The molecule has 19 heavy (non-hydrogen) atoms. The highest BCUT2D eigenvalue weighted by atomic mass is 16.3. The lowest BCUT2D eigenvalue weighted by Crippen LogP contribution is -2.26. The molecule has 1 aromatic heterocycles. The Bertz CT molecular complexity index is 593. The fraction of sp³-hybridized carbons (Fsp3) is 0.231. The number of carbonyl (C=O) groups is 1. The molecule has 0 saturated heterocycles. The number of carbonyl (C=O) groups excluding carboxylic acids is 1. The lowest BCUT2D eigenvalue weighted by Gasteiger charge is -2.07. The van der Waals surface area contributed by atoms with Gasteiger partial charge in [0.05, 0.1) is 5.56 Å². The molecule has 6 heteroatoms. The van der Waals surface area contributed by atoms with Crippen molar-refractivity contribution < 1.29 is 15.0 Å². The summed E-state index contributed by atoms with van der Waals surface area (Å²) in [5.74, 6) is -0.281. The Morgan fingerprint density at radius 1 is 1.42 bits per heavy atom. The number of imidazole rings is 1. The third kappa shape index (κ3) is 2.85. The Kier molecular flexibility index (Phi) is 3.70. The molecule has 100 valence electrons. The molecule has 0 unspecified atom stereocenters. The second-order valence-electron chi connectivity index (χ2n) is 4.13. The van der Waals surface area contributed by atoms with E-state index in [2.05, 4.69) is 10.3 Å². The number of benzene rings is 1. The van der Waals surface area contributed by atoms with E-state index in [9.17, 15) is 15.0 Å². The smallest absolute Gasteiger partial charge is 0.255 e. The molecule has 0 aliphatic carbocycles. The van der Waals surface area contributed by atoms with Crippen molar-refractivity contribution in [2.75, 3.05) is 6.54 Å². The maximum absolute atomic E-state index is 11.8. The van der Waals surface area contributed by atoms with E-state index in [1.165, 1.54) is 18.2 Å². The molecular weight excluding hydrogens is 246 g/mol. The molecule has 1 aromatic carbocycles. The van der Waals surface area contributed by atoms with E-state index in [4.69, 9.17) is 0 Å². The molecule has 0 aliphatic rings. The van der Waals surface area contributed by atoms with Crippen LogP contribution in [0.1, 0.15) is 16.2 Å². The zero-order chi connectivity index (χ0) is 13.8. The van der Waals surface area contributed by atoms with E-state index >= 15 is 0 Å². The van der Waals surface area contributed by atoms with Crippen molar-refractivity contribution in [3.63, 3.8) is 0 Å². The summed E-state index contributed by atoms with van der Waals surface area (Å²) in [5, 5.41) is 21.6. The second-order valence-corrected chi connectivity index (χ2v) is 4.13. The van der Waals surface area contributed by atoms with E-state index in [0.29, 0.717) is 13.0 Å². The third-order valence-corrected chi connectivity index (χ3v) is 2.81. The van der Waals surface area contributed by atoms with Crippen molar-refractivity contribution in [2.45, 2.75) is 6.42 Å². The van der Waals surface area contributed by atoms with Gasteiger partial charge in [0, 0.05) is 32.4 Å². The number of rotatable bonds is 4. The molecule has 1 amide bonds. The first-order valence-corrected chi connectivity index (χ1v) is 5.85. The normalized spacial score (nSPS) is 10.4. The Morgan fingerprint density at radius 2 is 2.21 bits per heavy atom. The van der Waals surface area contributed by atoms with Gasteiger partial charge in [0.15, 0.2) is 11.5 Å². The fourth-order valence-electron chi connectivity index (χ4n) is 1.73. The van der Waals surface area contributed by atoms with Gasteiger partial charge in [0.2, 0.25) is 0 Å². The quantitative estimate of drug-likeness (QED) is 0.710. The number of hydrogen-bond acceptors (Lipinski definition) is 4. The van der Waals surface area contributed by atoms with Crippen molar-refractivity contribution in [1.82, 2.24) is 14.9 Å². The number of nitrogens with one attached hydrogen (secondary N) is 1. The number of nitrogens with zero attached hydrogens (tertiary/aromatic N) is 2. The minimum Gasteiger partial charge on any atom is -0.504 e. The average molecular weight is 261 g/mol. The maximum atomic E-state index is 11.8. The third-order valence-electron chi connectivity index (χ3n) is 2.81. The minimum absolute atomic E-state index is 0.0554. The summed E-state index contributed by atoms with van der Waals surface area (Å²) in [6.45, 7) is 0.402. The van der Waals surface area contributed by atoms with Crippen LogP contribution in [-0.2, 0) is 13.5 Å². The second kappa shape index (κ2) is 5.43. The number of aromatic nitrogens is 2. The predicted molar refractivity (Wildman–Crippen MR) is 69.0 cm³/mol. The molecule has 3 N–H and O–H groups in total. The number of phenolic OH excluding ortho intramolecular Hbond substituents is 2. The number of phenols is 2. The molecule has 0 aliphatic heterocycles. The molecule has 2 aromatic rings. The highest BCUT2D eigenvalue weighted by Gasteiger charge is 2.13. The molecule has 6 nitrogen and oxygen atoms in total. The van der Waals surface area contributed by atoms with Crippen LogP contribution >= 0.6 is 0 Å². The molecule has 0 radical (unpaired) electrons. The van der Waals surface area contributed by atoms with Gasteiger partial charge in [0.25, 0.3) is 5.91 Å². The van der Waals surface area contributed by atoms with Crippen LogP contribution in [0.2, 0.25) is 0 Å². The minimum atomic E-state index is -0.428. The summed E-state index contributed by atoms with van der Waals surface area (Å²) >= 11 is 0. The molecule has 0 saturated carbocycles. The van der Waals surface area contributed by atoms with Crippen LogP contribution in [0.4, 0.5) is 0 Å². The van der Waals surface area contributed by atoms with Gasteiger partial charge < -0.3 is 20.1 Å². The first kappa shape index (κ1) is 12.9. The Labute approximate surface area is 110 Å². The largest absolute Gasteiger partial charge is 0.504 e. The highest BCUT2D eigenvalue weighted by molar-refractivity contribution is 5.97. The lowest BCUT2D eigenvalue weighted by atomic mass is 10.1. The van der Waals surface area contributed by atoms with E-state index < -0.39 is 11.7 Å². The first-order valence-electron chi connectivity index (χ1n) is 5.85. The summed E-state index contributed by atoms with van der Waals surface area (Å²) in [4.78, 5) is 16.0. The van der Waals surface area contributed by atoms with Crippen LogP contribution in [0.25, 0.3) is 0 Å². The van der Waals surface area contributed by atoms with Gasteiger partial charge in [-0.25, -0.2) is 4.98 Å². The SMILES string of the molecule is Cn1ccnc1CCNC(=O)c1cccc(O)c1O. The molecule has 0 bridgehead atoms. The Morgan fingerprint density at radius 3 is 2.89 bits per heavy atom. The van der Waals surface area contributed by atoms with E-state index in [0.717, 1.165) is 5.82 Å². The average Bonchev–Trinajstić information content (AvgIpc) is 2.78. The van der Waals surface area contributed by atoms with Gasteiger partial charge >= 0.3 is 0 Å². The van der Waals surface area contributed by atoms with Crippen molar-refractivity contribution in [3.8, 4) is 11.5 Å². The van der Waals surface area contributed by atoms with Crippen molar-refractivity contribution >= 4 is 5.91 Å². The van der Waals surface area contributed by atoms with E-state index in [1.54, 1.807) is 6.20 Å². The van der Waals surface area contributed by atoms with Crippen LogP contribution < -0.4 is 5.32 Å². The van der Waals surface area contributed by atoms with Crippen LogP contribution in [0.5, 0.6) is 11.5 Å². The Balaban J connectivity index is 1.95. The Hall–Kier alpha value is -2.50. The number of aryl methyl sites for hydroxylation is 1. The van der Waals surface area contributed by atoms with Gasteiger partial charge in [-0.1, -0.05) is 6.07 Å². The summed E-state index contributed by atoms with van der Waals surface area (Å²) < 4.78 is 1.87. The van der Waals surface area contributed by atoms with E-state index in [-0.39, 0.29) is 11.3 Å². The van der Waals surface area contributed by atoms with Gasteiger partial charge in [-0.05, 0) is 12.1 Å². The van der Waals surface area contributed by atoms with Crippen LogP contribution in [-0.4, -0.2) is 32.2 Å². The number of amides is 1. The van der Waals surface area contributed by atoms with Gasteiger partial charge in [-0.3, -0.25) is 4.79 Å². The number of aromatic hydroxyl groups is 2. The van der Waals surface area contributed by atoms with Crippen LogP contribution in [0.15, 0.2) is 30.6 Å². The van der Waals surface area contributed by atoms with Crippen molar-refractivity contribution in [1.29, 1.82) is 0 Å². The van der Waals surface area contributed by atoms with Crippen LogP contribution in [0.3, 0.4) is 0 Å². The molecule has 0 atom stereocenters. The lowest BCUT2D eigenvalue weighted by molar-refractivity contribution is 0.0950. The standard InChI is InChI=1S/C13H15N3O3/c1-16-8-7-14-11(16)5-6-15-13(19)9-3-2-4-10(17)12(9)18/h2-4,7-8,17-18H,5-6H2,1H3,(H,15,19). The van der Waals surface area contributed by atoms with E-state index in [1.807, 2.05) is 17.8 Å². The molecule has 1 heterocycles.